The van der Waals surface area contributed by atoms with Crippen LogP contribution >= 0.6 is 22.7 Å². The van der Waals surface area contributed by atoms with Crippen LogP contribution in [0.3, 0.4) is 0 Å². The molecule has 0 aromatic carbocycles. The molecule has 3 rings (SSSR count). The zero-order valence-electron chi connectivity index (χ0n) is 14.6. The molecule has 2 N–H and O–H groups in total. The first-order valence-electron chi connectivity index (χ1n) is 8.18. The fourth-order valence-corrected chi connectivity index (χ4v) is 4.05. The smallest absolute Gasteiger partial charge is 0.309 e. The summed E-state index contributed by atoms with van der Waals surface area (Å²) in [5, 5.41) is 15.9. The molecule has 0 aliphatic rings. The number of carbonyl (C=O) groups is 2. The van der Waals surface area contributed by atoms with E-state index in [4.69, 9.17) is 0 Å². The Bertz CT molecular complexity index is 869. The SMILES string of the molecule is Cc1cc(C)n(C(CNC(=O)C(=O)NCc2cccs2)c2ccsc2)n1. The number of nitrogens with one attached hydrogen (secondary N) is 2. The summed E-state index contributed by atoms with van der Waals surface area (Å²) in [6.07, 6.45) is 0. The Balaban J connectivity index is 1.63. The first-order valence-corrected chi connectivity index (χ1v) is 10.00. The van der Waals surface area contributed by atoms with E-state index >= 15 is 0 Å². The van der Waals surface area contributed by atoms with Gasteiger partial charge in [0, 0.05) is 17.1 Å². The largest absolute Gasteiger partial charge is 0.345 e. The van der Waals surface area contributed by atoms with Gasteiger partial charge in [-0.05, 0) is 53.8 Å². The molecule has 0 spiro atoms. The van der Waals surface area contributed by atoms with Gasteiger partial charge in [0.05, 0.1) is 18.3 Å². The monoisotopic (exact) mass is 388 g/mol. The third-order valence-corrected chi connectivity index (χ3v) is 5.51. The molecule has 0 aliphatic heterocycles. The average molecular weight is 389 g/mol. The average Bonchev–Trinajstić information content (AvgIpc) is 3.36. The van der Waals surface area contributed by atoms with Crippen LogP contribution in [-0.2, 0) is 16.1 Å². The van der Waals surface area contributed by atoms with Crippen LogP contribution in [0.4, 0.5) is 0 Å². The Morgan fingerprint density at radius 2 is 2.00 bits per heavy atom. The van der Waals surface area contributed by atoms with Crippen LogP contribution in [0.5, 0.6) is 0 Å². The topological polar surface area (TPSA) is 76.0 Å². The molecule has 3 aromatic heterocycles. The van der Waals surface area contributed by atoms with Gasteiger partial charge in [0.25, 0.3) is 0 Å². The van der Waals surface area contributed by atoms with E-state index in [2.05, 4.69) is 15.7 Å². The molecule has 1 unspecified atom stereocenters. The summed E-state index contributed by atoms with van der Waals surface area (Å²) < 4.78 is 1.89. The first kappa shape index (κ1) is 18.3. The van der Waals surface area contributed by atoms with Crippen molar-refractivity contribution in [3.63, 3.8) is 0 Å². The van der Waals surface area contributed by atoms with Crippen LogP contribution in [0, 0.1) is 13.8 Å². The number of amides is 2. The first-order chi connectivity index (χ1) is 12.5. The van der Waals surface area contributed by atoms with Gasteiger partial charge < -0.3 is 10.6 Å². The lowest BCUT2D eigenvalue weighted by Crippen LogP contribution is -2.42. The summed E-state index contributed by atoms with van der Waals surface area (Å²) in [4.78, 5) is 25.2. The van der Waals surface area contributed by atoms with Crippen LogP contribution in [0.1, 0.15) is 27.9 Å². The molecule has 6 nitrogen and oxygen atoms in total. The van der Waals surface area contributed by atoms with Crippen molar-refractivity contribution in [1.29, 1.82) is 0 Å². The summed E-state index contributed by atoms with van der Waals surface area (Å²) in [6, 6.07) is 7.68. The lowest BCUT2D eigenvalue weighted by Gasteiger charge is -2.19. The summed E-state index contributed by atoms with van der Waals surface area (Å²) in [5.74, 6) is -1.26. The van der Waals surface area contributed by atoms with Gasteiger partial charge in [0.1, 0.15) is 0 Å². The van der Waals surface area contributed by atoms with E-state index in [1.54, 1.807) is 11.3 Å². The Morgan fingerprint density at radius 3 is 2.62 bits per heavy atom. The van der Waals surface area contributed by atoms with Gasteiger partial charge in [-0.15, -0.1) is 11.3 Å². The fourth-order valence-electron chi connectivity index (χ4n) is 2.70. The Hall–Kier alpha value is -2.45. The van der Waals surface area contributed by atoms with Gasteiger partial charge in [0.15, 0.2) is 0 Å². The minimum Gasteiger partial charge on any atom is -0.345 e. The minimum atomic E-state index is -0.636. The predicted molar refractivity (Wildman–Crippen MR) is 103 cm³/mol. The van der Waals surface area contributed by atoms with Crippen molar-refractivity contribution in [3.05, 3.63) is 62.2 Å². The highest BCUT2D eigenvalue weighted by atomic mass is 32.1. The lowest BCUT2D eigenvalue weighted by molar-refractivity contribution is -0.139. The number of rotatable bonds is 6. The molecule has 0 bridgehead atoms. The Morgan fingerprint density at radius 1 is 1.19 bits per heavy atom. The normalized spacial score (nSPS) is 11.9. The molecule has 136 valence electrons. The second-order valence-corrected chi connectivity index (χ2v) is 7.73. The van der Waals surface area contributed by atoms with E-state index in [1.807, 2.05) is 58.9 Å². The van der Waals surface area contributed by atoms with Gasteiger partial charge in [0.2, 0.25) is 0 Å². The van der Waals surface area contributed by atoms with E-state index in [0.29, 0.717) is 13.1 Å². The van der Waals surface area contributed by atoms with Crippen LogP contribution < -0.4 is 10.6 Å². The molecule has 3 aromatic rings. The molecule has 0 aliphatic carbocycles. The van der Waals surface area contributed by atoms with Crippen molar-refractivity contribution >= 4 is 34.5 Å². The van der Waals surface area contributed by atoms with E-state index in [0.717, 1.165) is 21.8 Å². The highest BCUT2D eigenvalue weighted by Gasteiger charge is 2.21. The second-order valence-electron chi connectivity index (χ2n) is 5.92. The van der Waals surface area contributed by atoms with Gasteiger partial charge in [-0.25, -0.2) is 0 Å². The van der Waals surface area contributed by atoms with Gasteiger partial charge >= 0.3 is 11.8 Å². The second kappa shape index (κ2) is 8.29. The fraction of sp³-hybridized carbons (Fsp3) is 0.278. The third kappa shape index (κ3) is 4.39. The zero-order chi connectivity index (χ0) is 18.5. The van der Waals surface area contributed by atoms with E-state index < -0.39 is 11.8 Å². The maximum atomic E-state index is 12.2. The Labute approximate surface area is 159 Å². The number of nitrogens with zero attached hydrogens (tertiary/aromatic N) is 2. The van der Waals surface area contributed by atoms with Crippen LogP contribution in [0.15, 0.2) is 40.4 Å². The van der Waals surface area contributed by atoms with Crippen molar-refractivity contribution < 1.29 is 9.59 Å². The summed E-state index contributed by atoms with van der Waals surface area (Å²) in [5.41, 5.74) is 2.98. The number of aromatic nitrogens is 2. The highest BCUT2D eigenvalue weighted by molar-refractivity contribution is 7.09. The van der Waals surface area contributed by atoms with Crippen LogP contribution in [0.25, 0.3) is 0 Å². The van der Waals surface area contributed by atoms with E-state index in [9.17, 15) is 9.59 Å². The Kier molecular flexibility index (Phi) is 5.85. The summed E-state index contributed by atoms with van der Waals surface area (Å²) in [7, 11) is 0. The number of hydrogen-bond acceptors (Lipinski definition) is 5. The van der Waals surface area contributed by atoms with Crippen molar-refractivity contribution in [3.8, 4) is 0 Å². The molecule has 2 amide bonds. The highest BCUT2D eigenvalue weighted by Crippen LogP contribution is 2.22. The molecule has 1 atom stereocenters. The van der Waals surface area contributed by atoms with Crippen molar-refractivity contribution in [2.45, 2.75) is 26.4 Å². The lowest BCUT2D eigenvalue weighted by atomic mass is 10.1. The van der Waals surface area contributed by atoms with Crippen LogP contribution in [-0.4, -0.2) is 28.1 Å². The predicted octanol–water partition coefficient (Wildman–Crippen LogP) is 2.64. The molecule has 26 heavy (non-hydrogen) atoms. The molecule has 0 saturated heterocycles. The zero-order valence-corrected chi connectivity index (χ0v) is 16.2. The van der Waals surface area contributed by atoms with Crippen molar-refractivity contribution in [2.75, 3.05) is 6.54 Å². The van der Waals surface area contributed by atoms with Crippen LogP contribution in [0.2, 0.25) is 0 Å². The standard InChI is InChI=1S/C18H20N4O2S2/c1-12-8-13(2)22(21-12)16(14-5-7-25-11-14)10-20-18(24)17(23)19-9-15-4-3-6-26-15/h3-8,11,16H,9-10H2,1-2H3,(H,19,23)(H,20,24). The van der Waals surface area contributed by atoms with Gasteiger partial charge in [-0.3, -0.25) is 14.3 Å². The van der Waals surface area contributed by atoms with E-state index in [1.165, 1.54) is 11.3 Å². The summed E-state index contributed by atoms with van der Waals surface area (Å²) >= 11 is 3.13. The van der Waals surface area contributed by atoms with Crippen molar-refractivity contribution in [1.82, 2.24) is 20.4 Å². The molecule has 0 fully saturated rings. The number of carbonyl (C=O) groups excluding carboxylic acids is 2. The van der Waals surface area contributed by atoms with E-state index in [-0.39, 0.29) is 6.04 Å². The molecule has 8 heteroatoms. The number of aryl methyl sites for hydroxylation is 2. The molecular formula is C18H20N4O2S2. The molecular weight excluding hydrogens is 368 g/mol. The molecule has 0 saturated carbocycles. The van der Waals surface area contributed by atoms with Gasteiger partial charge in [-0.2, -0.15) is 16.4 Å². The number of hydrogen-bond donors (Lipinski definition) is 2. The minimum absolute atomic E-state index is 0.149. The summed E-state index contributed by atoms with van der Waals surface area (Å²) in [6.45, 7) is 4.57. The quantitative estimate of drug-likeness (QED) is 0.638. The maximum Gasteiger partial charge on any atom is 0.309 e. The maximum absolute atomic E-state index is 12.2. The van der Waals surface area contributed by atoms with Crippen molar-refractivity contribution in [2.24, 2.45) is 0 Å². The van der Waals surface area contributed by atoms with Gasteiger partial charge in [-0.1, -0.05) is 6.07 Å². The third-order valence-electron chi connectivity index (χ3n) is 3.93. The number of thiophene rings is 2. The molecule has 3 heterocycles. The molecule has 0 radical (unpaired) electrons.